The number of benzene rings is 2. The number of sulfonamides is 1. The van der Waals surface area contributed by atoms with Gasteiger partial charge in [0.15, 0.2) is 18.1 Å². The van der Waals surface area contributed by atoms with E-state index < -0.39 is 15.9 Å². The molecule has 168 valence electrons. The van der Waals surface area contributed by atoms with E-state index in [4.69, 9.17) is 21.1 Å². The van der Waals surface area contributed by atoms with Gasteiger partial charge in [-0.3, -0.25) is 4.79 Å². The summed E-state index contributed by atoms with van der Waals surface area (Å²) in [5.41, 5.74) is 0.337. The number of halogens is 1. The average molecular weight is 467 g/mol. The summed E-state index contributed by atoms with van der Waals surface area (Å²) in [6.07, 6.45) is 3.53. The minimum absolute atomic E-state index is 0.00639. The summed E-state index contributed by atoms with van der Waals surface area (Å²) in [6, 6.07) is 11.6. The molecule has 0 atom stereocenters. The second-order valence-electron chi connectivity index (χ2n) is 7.24. The van der Waals surface area contributed by atoms with Gasteiger partial charge in [-0.1, -0.05) is 37.1 Å². The second-order valence-corrected chi connectivity index (χ2v) is 9.56. The predicted molar refractivity (Wildman–Crippen MR) is 120 cm³/mol. The van der Waals surface area contributed by atoms with E-state index in [-0.39, 0.29) is 16.5 Å². The molecule has 0 aliphatic carbocycles. The maximum absolute atomic E-state index is 13.0. The number of hydrogen-bond donors (Lipinski definition) is 1. The van der Waals surface area contributed by atoms with E-state index >= 15 is 0 Å². The highest BCUT2D eigenvalue weighted by atomic mass is 35.5. The Labute approximate surface area is 188 Å². The van der Waals surface area contributed by atoms with Crippen molar-refractivity contribution < 1.29 is 22.7 Å². The van der Waals surface area contributed by atoms with E-state index in [9.17, 15) is 13.2 Å². The maximum Gasteiger partial charge on any atom is 0.262 e. The van der Waals surface area contributed by atoms with Crippen LogP contribution in [-0.2, 0) is 14.8 Å². The number of nitrogens with one attached hydrogen (secondary N) is 1. The molecule has 9 heteroatoms. The smallest absolute Gasteiger partial charge is 0.262 e. The predicted octanol–water partition coefficient (Wildman–Crippen LogP) is 4.32. The third-order valence-electron chi connectivity index (χ3n) is 4.82. The molecule has 0 aromatic heterocycles. The number of para-hydroxylation sites is 2. The van der Waals surface area contributed by atoms with Gasteiger partial charge < -0.3 is 14.8 Å². The third kappa shape index (κ3) is 6.12. The Balaban J connectivity index is 1.67. The zero-order chi connectivity index (χ0) is 22.3. The van der Waals surface area contributed by atoms with Crippen LogP contribution >= 0.6 is 11.6 Å². The Morgan fingerprint density at radius 2 is 1.74 bits per heavy atom. The molecule has 3 rings (SSSR count). The normalized spacial score (nSPS) is 14.8. The maximum atomic E-state index is 13.0. The van der Waals surface area contributed by atoms with Crippen LogP contribution in [0.25, 0.3) is 0 Å². The van der Waals surface area contributed by atoms with E-state index in [2.05, 4.69) is 5.32 Å². The summed E-state index contributed by atoms with van der Waals surface area (Å²) in [6.45, 7) is 3.25. The first kappa shape index (κ1) is 23.4. The highest BCUT2D eigenvalue weighted by molar-refractivity contribution is 7.89. The van der Waals surface area contributed by atoms with Gasteiger partial charge in [-0.25, -0.2) is 8.42 Å². The van der Waals surface area contributed by atoms with Gasteiger partial charge in [0, 0.05) is 18.8 Å². The topological polar surface area (TPSA) is 84.9 Å². The van der Waals surface area contributed by atoms with Crippen molar-refractivity contribution >= 4 is 33.2 Å². The largest absolute Gasteiger partial charge is 0.490 e. The van der Waals surface area contributed by atoms with Gasteiger partial charge in [-0.05, 0) is 49.6 Å². The van der Waals surface area contributed by atoms with Crippen molar-refractivity contribution in [3.63, 3.8) is 0 Å². The lowest BCUT2D eigenvalue weighted by Crippen LogP contribution is -2.35. The van der Waals surface area contributed by atoms with Crippen LogP contribution < -0.4 is 14.8 Å². The summed E-state index contributed by atoms with van der Waals surface area (Å²) < 4.78 is 38.6. The van der Waals surface area contributed by atoms with Gasteiger partial charge in [-0.15, -0.1) is 0 Å². The summed E-state index contributed by atoms with van der Waals surface area (Å²) in [4.78, 5) is 12.4. The molecule has 1 fully saturated rings. The number of hydrogen-bond acceptors (Lipinski definition) is 5. The van der Waals surface area contributed by atoms with E-state index in [1.54, 1.807) is 24.3 Å². The Bertz CT molecular complexity index is 1010. The molecule has 2 aromatic rings. The summed E-state index contributed by atoms with van der Waals surface area (Å²) in [5, 5.41) is 2.80. The Morgan fingerprint density at radius 3 is 2.42 bits per heavy atom. The molecule has 1 saturated heterocycles. The fraction of sp³-hybridized carbons (Fsp3) is 0.409. The summed E-state index contributed by atoms with van der Waals surface area (Å²) >= 11 is 6.18. The molecular weight excluding hydrogens is 440 g/mol. The first-order valence-corrected chi connectivity index (χ1v) is 12.2. The van der Waals surface area contributed by atoms with Gasteiger partial charge in [0.2, 0.25) is 10.0 Å². The Kier molecular flexibility index (Phi) is 8.17. The lowest BCUT2D eigenvalue weighted by molar-refractivity contribution is -0.118. The Hall–Kier alpha value is -2.29. The number of carbonyl (C=O) groups is 1. The summed E-state index contributed by atoms with van der Waals surface area (Å²) in [7, 11) is -3.72. The van der Waals surface area contributed by atoms with Crippen LogP contribution in [0.1, 0.15) is 32.6 Å². The van der Waals surface area contributed by atoms with Crippen molar-refractivity contribution in [2.45, 2.75) is 37.5 Å². The lowest BCUT2D eigenvalue weighted by Gasteiger charge is -2.26. The van der Waals surface area contributed by atoms with Crippen molar-refractivity contribution in [1.29, 1.82) is 0 Å². The molecular formula is C22H27ClN2O5S. The number of anilines is 1. The number of carbonyl (C=O) groups excluding carboxylic acids is 1. The molecule has 0 unspecified atom stereocenters. The summed E-state index contributed by atoms with van der Waals surface area (Å²) in [5.74, 6) is 0.614. The molecule has 0 saturated carbocycles. The van der Waals surface area contributed by atoms with Gasteiger partial charge in [-0.2, -0.15) is 4.31 Å². The van der Waals surface area contributed by atoms with Crippen LogP contribution in [0.2, 0.25) is 5.02 Å². The molecule has 1 aliphatic rings. The highest BCUT2D eigenvalue weighted by Gasteiger charge is 2.28. The number of rotatable bonds is 9. The van der Waals surface area contributed by atoms with Crippen LogP contribution in [0.4, 0.5) is 5.69 Å². The van der Waals surface area contributed by atoms with Crippen LogP contribution in [0.3, 0.4) is 0 Å². The minimum Gasteiger partial charge on any atom is -0.490 e. The first-order chi connectivity index (χ1) is 14.9. The van der Waals surface area contributed by atoms with Crippen molar-refractivity contribution in [1.82, 2.24) is 4.31 Å². The monoisotopic (exact) mass is 466 g/mol. The number of ether oxygens (including phenoxy) is 2. The van der Waals surface area contributed by atoms with Gasteiger partial charge in [0.25, 0.3) is 5.91 Å². The molecule has 0 spiro atoms. The molecule has 0 bridgehead atoms. The van der Waals surface area contributed by atoms with Crippen LogP contribution in [-0.4, -0.2) is 44.9 Å². The quantitative estimate of drug-likeness (QED) is 0.594. The molecule has 1 amide bonds. The molecule has 7 nitrogen and oxygen atoms in total. The molecule has 1 aliphatic heterocycles. The first-order valence-electron chi connectivity index (χ1n) is 10.4. The molecule has 2 aromatic carbocycles. The number of piperidine rings is 1. The highest BCUT2D eigenvalue weighted by Crippen LogP contribution is 2.30. The van der Waals surface area contributed by atoms with Gasteiger partial charge in [0.1, 0.15) is 4.90 Å². The molecule has 1 heterocycles. The lowest BCUT2D eigenvalue weighted by atomic mass is 10.2. The number of amides is 1. The Morgan fingerprint density at radius 1 is 1.06 bits per heavy atom. The average Bonchev–Trinajstić information content (AvgIpc) is 2.78. The van der Waals surface area contributed by atoms with Gasteiger partial charge >= 0.3 is 0 Å². The van der Waals surface area contributed by atoms with Crippen LogP contribution in [0, 0.1) is 0 Å². The number of nitrogens with zero attached hydrogens (tertiary/aromatic N) is 1. The van der Waals surface area contributed by atoms with E-state index in [1.807, 2.05) is 13.0 Å². The van der Waals surface area contributed by atoms with Crippen molar-refractivity contribution in [2.75, 3.05) is 31.6 Å². The van der Waals surface area contributed by atoms with Crippen LogP contribution in [0.5, 0.6) is 11.5 Å². The van der Waals surface area contributed by atoms with Crippen molar-refractivity contribution in [2.24, 2.45) is 0 Å². The standard InChI is InChI=1S/C22H27ClN2O5S/c1-2-14-29-19-8-4-5-9-20(19)30-16-22(26)24-17-10-11-18(23)21(15-17)31(27,28)25-12-6-3-7-13-25/h4-5,8-11,15H,2-3,6-7,12-14,16H2,1H3,(H,24,26). The van der Waals surface area contributed by atoms with Crippen LogP contribution in [0.15, 0.2) is 47.4 Å². The van der Waals surface area contributed by atoms with Crippen molar-refractivity contribution in [3.05, 3.63) is 47.5 Å². The van der Waals surface area contributed by atoms with E-state index in [0.29, 0.717) is 36.9 Å². The van der Waals surface area contributed by atoms with E-state index in [0.717, 1.165) is 25.7 Å². The zero-order valence-electron chi connectivity index (χ0n) is 17.5. The molecule has 31 heavy (non-hydrogen) atoms. The van der Waals surface area contributed by atoms with Gasteiger partial charge in [0.05, 0.1) is 11.6 Å². The van der Waals surface area contributed by atoms with Crippen molar-refractivity contribution in [3.8, 4) is 11.5 Å². The zero-order valence-corrected chi connectivity index (χ0v) is 19.0. The minimum atomic E-state index is -3.72. The SMILES string of the molecule is CCCOc1ccccc1OCC(=O)Nc1ccc(Cl)c(S(=O)(=O)N2CCCCC2)c1. The second kappa shape index (κ2) is 10.8. The molecule has 0 radical (unpaired) electrons. The fourth-order valence-corrected chi connectivity index (χ4v) is 5.28. The fourth-order valence-electron chi connectivity index (χ4n) is 3.26. The third-order valence-corrected chi connectivity index (χ3v) is 7.20. The van der Waals surface area contributed by atoms with E-state index in [1.165, 1.54) is 16.4 Å². The molecule has 1 N–H and O–H groups in total.